The van der Waals surface area contributed by atoms with Crippen LogP contribution in [0.3, 0.4) is 0 Å². The van der Waals surface area contributed by atoms with Crippen LogP contribution in [0.5, 0.6) is 0 Å². The van der Waals surface area contributed by atoms with E-state index >= 15 is 0 Å². The van der Waals surface area contributed by atoms with Crippen molar-refractivity contribution < 1.29 is 4.79 Å². The molecular weight excluding hydrogens is 348 g/mol. The van der Waals surface area contributed by atoms with Gasteiger partial charge in [-0.25, -0.2) is 9.48 Å². The number of halogens is 1. The molecule has 0 aliphatic heterocycles. The van der Waals surface area contributed by atoms with Crippen molar-refractivity contribution in [2.45, 2.75) is 26.2 Å². The zero-order chi connectivity index (χ0) is 18.7. The Balaban J connectivity index is 1.99. The molecule has 26 heavy (non-hydrogen) atoms. The molecule has 2 N–H and O–H groups in total. The lowest BCUT2D eigenvalue weighted by Crippen LogP contribution is -2.20. The van der Waals surface area contributed by atoms with Gasteiger partial charge in [-0.1, -0.05) is 50.6 Å². The van der Waals surface area contributed by atoms with Crippen LogP contribution in [0.15, 0.2) is 65.7 Å². The Morgan fingerprint density at radius 1 is 1.08 bits per heavy atom. The lowest BCUT2D eigenvalue weighted by molar-refractivity contribution is 0.259. The quantitative estimate of drug-likeness (QED) is 0.664. The Hall–Kier alpha value is -2.79. The van der Waals surface area contributed by atoms with Crippen molar-refractivity contribution in [2.24, 2.45) is 4.99 Å². The normalized spacial score (nSPS) is 12.2. The molecule has 1 heterocycles. The Morgan fingerprint density at radius 2 is 1.73 bits per heavy atom. The van der Waals surface area contributed by atoms with Gasteiger partial charge in [0.2, 0.25) is 0 Å². The first kappa shape index (κ1) is 18.0. The van der Waals surface area contributed by atoms with Gasteiger partial charge in [0, 0.05) is 27.9 Å². The first-order valence-electron chi connectivity index (χ1n) is 8.32. The lowest BCUT2D eigenvalue weighted by atomic mass is 9.93. The number of aromatic amines is 1. The van der Waals surface area contributed by atoms with E-state index in [2.05, 4.69) is 36.2 Å². The molecule has 5 nitrogen and oxygen atoms in total. The lowest BCUT2D eigenvalue weighted by Gasteiger charge is -2.15. The van der Waals surface area contributed by atoms with Crippen molar-refractivity contribution >= 4 is 23.3 Å². The van der Waals surface area contributed by atoms with E-state index in [0.717, 1.165) is 11.4 Å². The summed E-state index contributed by atoms with van der Waals surface area (Å²) in [5, 5.41) is 6.71. The van der Waals surface area contributed by atoms with Crippen LogP contribution < -0.4 is 10.8 Å². The highest BCUT2D eigenvalue weighted by Gasteiger charge is 2.18. The van der Waals surface area contributed by atoms with E-state index in [1.165, 1.54) is 0 Å². The minimum Gasteiger partial charge on any atom is -0.306 e. The largest absolute Gasteiger partial charge is 0.347 e. The number of nitrogens with one attached hydrogen (secondary N) is 2. The van der Waals surface area contributed by atoms with Gasteiger partial charge in [0.05, 0.1) is 5.69 Å². The third kappa shape index (κ3) is 4.24. The number of hydrogen-bond acceptors (Lipinski definition) is 1. The van der Waals surface area contributed by atoms with E-state index in [0.29, 0.717) is 16.2 Å². The zero-order valence-corrected chi connectivity index (χ0v) is 15.7. The van der Waals surface area contributed by atoms with Crippen LogP contribution in [0.25, 0.3) is 5.69 Å². The Morgan fingerprint density at radius 3 is 2.35 bits per heavy atom. The van der Waals surface area contributed by atoms with E-state index in [-0.39, 0.29) is 5.41 Å². The Labute approximate surface area is 157 Å². The molecule has 1 aromatic heterocycles. The molecule has 0 saturated carbocycles. The number of anilines is 1. The van der Waals surface area contributed by atoms with Crippen LogP contribution in [-0.4, -0.2) is 15.8 Å². The molecule has 0 aliphatic carbocycles. The summed E-state index contributed by atoms with van der Waals surface area (Å²) in [5.74, 6) is 0. The molecular formula is C20H21ClN4O. The molecule has 0 saturated heterocycles. The molecule has 0 radical (unpaired) electrons. The number of nitrogens with zero attached hydrogens (tertiary/aromatic N) is 2. The fourth-order valence-electron chi connectivity index (χ4n) is 2.43. The Bertz CT molecular complexity index is 964. The summed E-state index contributed by atoms with van der Waals surface area (Å²) >= 11 is 5.87. The van der Waals surface area contributed by atoms with E-state index in [1.807, 2.05) is 41.1 Å². The van der Waals surface area contributed by atoms with E-state index < -0.39 is 6.03 Å². The third-order valence-electron chi connectivity index (χ3n) is 3.87. The van der Waals surface area contributed by atoms with Crippen molar-refractivity contribution in [1.82, 2.24) is 9.78 Å². The van der Waals surface area contributed by atoms with Gasteiger partial charge in [-0.2, -0.15) is 4.99 Å². The smallest absolute Gasteiger partial charge is 0.306 e. The first-order valence-corrected chi connectivity index (χ1v) is 8.70. The molecule has 3 rings (SSSR count). The van der Waals surface area contributed by atoms with Gasteiger partial charge >= 0.3 is 6.03 Å². The van der Waals surface area contributed by atoms with Crippen molar-refractivity contribution in [2.75, 3.05) is 5.32 Å². The minimum atomic E-state index is -0.448. The second-order valence-electron chi connectivity index (χ2n) is 7.00. The van der Waals surface area contributed by atoms with Gasteiger partial charge in [-0.3, -0.25) is 5.10 Å². The molecule has 134 valence electrons. The number of carbonyl (C=O) groups is 1. The van der Waals surface area contributed by atoms with Crippen LogP contribution in [0.2, 0.25) is 5.02 Å². The number of para-hydroxylation sites is 1. The van der Waals surface area contributed by atoms with Gasteiger partial charge in [-0.05, 0) is 36.4 Å². The summed E-state index contributed by atoms with van der Waals surface area (Å²) in [6.07, 6.45) is 0. The summed E-state index contributed by atoms with van der Waals surface area (Å²) < 4.78 is 1.81. The fourth-order valence-corrected chi connectivity index (χ4v) is 2.56. The predicted molar refractivity (Wildman–Crippen MR) is 105 cm³/mol. The van der Waals surface area contributed by atoms with Gasteiger partial charge in [0.1, 0.15) is 0 Å². The molecule has 2 aromatic carbocycles. The summed E-state index contributed by atoms with van der Waals surface area (Å²) in [4.78, 5) is 16.6. The number of hydrogen-bond donors (Lipinski definition) is 2. The number of amides is 2. The number of rotatable bonds is 2. The van der Waals surface area contributed by atoms with E-state index in [9.17, 15) is 4.79 Å². The predicted octanol–water partition coefficient (Wildman–Crippen LogP) is 4.89. The average molecular weight is 369 g/mol. The minimum absolute atomic E-state index is 0.100. The number of carbonyl (C=O) groups excluding carboxylic acids is 1. The van der Waals surface area contributed by atoms with E-state index in [1.54, 1.807) is 24.3 Å². The van der Waals surface area contributed by atoms with Crippen LogP contribution >= 0.6 is 11.6 Å². The van der Waals surface area contributed by atoms with E-state index in [4.69, 9.17) is 11.6 Å². The molecule has 2 amide bonds. The zero-order valence-electron chi connectivity index (χ0n) is 15.0. The average Bonchev–Trinajstić information content (AvgIpc) is 3.02. The molecule has 0 aliphatic rings. The van der Waals surface area contributed by atoms with Gasteiger partial charge in [0.15, 0.2) is 5.49 Å². The first-order chi connectivity index (χ1) is 12.3. The fraction of sp³-hybridized carbons (Fsp3) is 0.200. The molecule has 3 aromatic rings. The van der Waals surface area contributed by atoms with Crippen molar-refractivity contribution in [1.29, 1.82) is 0 Å². The summed E-state index contributed by atoms with van der Waals surface area (Å²) in [7, 11) is 0. The number of aromatic nitrogens is 2. The van der Waals surface area contributed by atoms with Crippen LogP contribution in [-0.2, 0) is 5.41 Å². The molecule has 0 fully saturated rings. The third-order valence-corrected chi connectivity index (χ3v) is 4.12. The number of urea groups is 1. The van der Waals surface area contributed by atoms with Gasteiger partial charge in [0.25, 0.3) is 0 Å². The van der Waals surface area contributed by atoms with Crippen molar-refractivity contribution in [3.05, 3.63) is 76.9 Å². The van der Waals surface area contributed by atoms with Crippen LogP contribution in [0, 0.1) is 0 Å². The van der Waals surface area contributed by atoms with Gasteiger partial charge < -0.3 is 5.32 Å². The topological polar surface area (TPSA) is 62.2 Å². The molecule has 0 bridgehead atoms. The van der Waals surface area contributed by atoms with Crippen molar-refractivity contribution in [3.8, 4) is 5.69 Å². The molecule has 0 unspecified atom stereocenters. The Kier molecular flexibility index (Phi) is 5.00. The van der Waals surface area contributed by atoms with Crippen LogP contribution in [0.4, 0.5) is 10.5 Å². The SMILES string of the molecule is CC(C)(C)c1c/c(=N/C(=O)Nc2ccc(Cl)cc2)n(-c2ccccc2)[nH]1. The van der Waals surface area contributed by atoms with Crippen molar-refractivity contribution in [3.63, 3.8) is 0 Å². The summed E-state index contributed by atoms with van der Waals surface area (Å²) in [5.41, 5.74) is 2.96. The summed E-state index contributed by atoms with van der Waals surface area (Å²) in [6.45, 7) is 6.31. The number of H-pyrrole nitrogens is 1. The maximum atomic E-state index is 12.4. The van der Waals surface area contributed by atoms with Crippen LogP contribution in [0.1, 0.15) is 26.5 Å². The highest BCUT2D eigenvalue weighted by atomic mass is 35.5. The monoisotopic (exact) mass is 368 g/mol. The molecule has 6 heteroatoms. The second-order valence-corrected chi connectivity index (χ2v) is 7.43. The van der Waals surface area contributed by atoms with Gasteiger partial charge in [-0.15, -0.1) is 0 Å². The molecule has 0 atom stereocenters. The summed E-state index contributed by atoms with van der Waals surface area (Å²) in [6, 6.07) is 18.1. The second kappa shape index (κ2) is 7.22. The maximum absolute atomic E-state index is 12.4. The number of benzene rings is 2. The standard InChI is InChI=1S/C20H21ClN4O/c1-20(2,3)17-13-18(25(24-17)16-7-5-4-6-8-16)23-19(26)22-15-11-9-14(21)10-12-15/h4-13,24H,1-3H3,(H,22,26)/b23-18-. The highest BCUT2D eigenvalue weighted by molar-refractivity contribution is 6.30. The maximum Gasteiger partial charge on any atom is 0.347 e. The molecule has 0 spiro atoms. The highest BCUT2D eigenvalue weighted by Crippen LogP contribution is 2.19.